The number of alkyl halides is 2. The SMILES string of the molecule is NC(Cc1ccc(Cl)c(F)c1)C1CCC(F)(F)CC1. The third kappa shape index (κ3) is 3.86. The van der Waals surface area contributed by atoms with E-state index < -0.39 is 11.7 Å². The highest BCUT2D eigenvalue weighted by atomic mass is 35.5. The molecule has 0 heterocycles. The van der Waals surface area contributed by atoms with Crippen LogP contribution in [0.5, 0.6) is 0 Å². The summed E-state index contributed by atoms with van der Waals surface area (Å²) in [7, 11) is 0. The summed E-state index contributed by atoms with van der Waals surface area (Å²) in [6.07, 6.45) is 1.17. The van der Waals surface area contributed by atoms with Crippen molar-refractivity contribution in [2.75, 3.05) is 0 Å². The summed E-state index contributed by atoms with van der Waals surface area (Å²) in [6, 6.07) is 4.37. The smallest absolute Gasteiger partial charge is 0.248 e. The lowest BCUT2D eigenvalue weighted by Gasteiger charge is -2.32. The quantitative estimate of drug-likeness (QED) is 0.888. The zero-order valence-electron chi connectivity index (χ0n) is 10.5. The second-order valence-electron chi connectivity index (χ2n) is 5.31. The molecule has 1 aromatic rings. The number of halogens is 4. The molecule has 19 heavy (non-hydrogen) atoms. The molecule has 1 aromatic carbocycles. The molecule has 1 atom stereocenters. The fraction of sp³-hybridized carbons (Fsp3) is 0.571. The maximum atomic E-state index is 13.3. The van der Waals surface area contributed by atoms with E-state index in [1.807, 2.05) is 0 Å². The van der Waals surface area contributed by atoms with Crippen molar-refractivity contribution >= 4 is 11.6 Å². The summed E-state index contributed by atoms with van der Waals surface area (Å²) < 4.78 is 39.4. The summed E-state index contributed by atoms with van der Waals surface area (Å²) in [5, 5.41) is 0.0784. The standard InChI is InChI=1S/C14H17ClF3N/c15-11-2-1-9(7-12(11)16)8-13(19)10-3-5-14(17,18)6-4-10/h1-2,7,10,13H,3-6,8,19H2. The third-order valence-electron chi connectivity index (χ3n) is 3.82. The van der Waals surface area contributed by atoms with Crippen molar-refractivity contribution in [3.8, 4) is 0 Å². The monoisotopic (exact) mass is 291 g/mol. The van der Waals surface area contributed by atoms with Crippen LogP contribution in [-0.2, 0) is 6.42 Å². The van der Waals surface area contributed by atoms with Crippen molar-refractivity contribution < 1.29 is 13.2 Å². The van der Waals surface area contributed by atoms with Crippen molar-refractivity contribution in [3.63, 3.8) is 0 Å². The first-order valence-corrected chi connectivity index (χ1v) is 6.82. The van der Waals surface area contributed by atoms with Gasteiger partial charge in [0.05, 0.1) is 5.02 Å². The van der Waals surface area contributed by atoms with Crippen LogP contribution >= 0.6 is 11.6 Å². The second-order valence-corrected chi connectivity index (χ2v) is 5.72. The van der Waals surface area contributed by atoms with Crippen LogP contribution in [0.3, 0.4) is 0 Å². The molecular weight excluding hydrogens is 275 g/mol. The molecule has 1 nitrogen and oxygen atoms in total. The summed E-state index contributed by atoms with van der Waals surface area (Å²) >= 11 is 5.61. The molecule has 2 rings (SSSR count). The Balaban J connectivity index is 1.94. The van der Waals surface area contributed by atoms with Crippen molar-refractivity contribution in [2.45, 2.75) is 44.1 Å². The molecule has 0 aliphatic heterocycles. The number of nitrogens with two attached hydrogens (primary N) is 1. The normalized spacial score (nSPS) is 21.3. The van der Waals surface area contributed by atoms with Gasteiger partial charge in [-0.15, -0.1) is 0 Å². The van der Waals surface area contributed by atoms with E-state index in [-0.39, 0.29) is 29.8 Å². The average molecular weight is 292 g/mol. The van der Waals surface area contributed by atoms with Crippen molar-refractivity contribution in [1.82, 2.24) is 0 Å². The number of hydrogen-bond donors (Lipinski definition) is 1. The number of rotatable bonds is 3. The Morgan fingerprint density at radius 3 is 2.53 bits per heavy atom. The Morgan fingerprint density at radius 1 is 1.32 bits per heavy atom. The molecule has 106 valence electrons. The molecule has 0 bridgehead atoms. The Morgan fingerprint density at radius 2 is 1.95 bits per heavy atom. The Hall–Kier alpha value is -0.740. The molecule has 1 fully saturated rings. The van der Waals surface area contributed by atoms with Crippen LogP contribution in [0.2, 0.25) is 5.02 Å². The minimum atomic E-state index is -2.54. The van der Waals surface area contributed by atoms with E-state index in [2.05, 4.69) is 0 Å². The van der Waals surface area contributed by atoms with Gasteiger partial charge >= 0.3 is 0 Å². The molecule has 0 spiro atoms. The lowest BCUT2D eigenvalue weighted by Crippen LogP contribution is -2.37. The zero-order chi connectivity index (χ0) is 14.0. The fourth-order valence-corrected chi connectivity index (χ4v) is 2.71. The van der Waals surface area contributed by atoms with Gasteiger partial charge in [0.2, 0.25) is 5.92 Å². The molecule has 0 amide bonds. The van der Waals surface area contributed by atoms with Gasteiger partial charge in [-0.25, -0.2) is 13.2 Å². The topological polar surface area (TPSA) is 26.0 Å². The van der Waals surface area contributed by atoms with E-state index in [0.717, 1.165) is 5.56 Å². The molecule has 1 unspecified atom stereocenters. The van der Waals surface area contributed by atoms with E-state index in [9.17, 15) is 13.2 Å². The molecule has 5 heteroatoms. The van der Waals surface area contributed by atoms with Crippen LogP contribution in [0.25, 0.3) is 0 Å². The molecule has 0 radical (unpaired) electrons. The first kappa shape index (κ1) is 14.7. The molecule has 2 N–H and O–H groups in total. The second kappa shape index (κ2) is 5.71. The van der Waals surface area contributed by atoms with Crippen LogP contribution in [-0.4, -0.2) is 12.0 Å². The largest absolute Gasteiger partial charge is 0.327 e. The lowest BCUT2D eigenvalue weighted by atomic mass is 9.80. The Labute approximate surface area is 115 Å². The maximum Gasteiger partial charge on any atom is 0.248 e. The van der Waals surface area contributed by atoms with Crippen molar-refractivity contribution in [3.05, 3.63) is 34.6 Å². The van der Waals surface area contributed by atoms with E-state index in [1.165, 1.54) is 12.1 Å². The van der Waals surface area contributed by atoms with E-state index in [1.54, 1.807) is 6.07 Å². The van der Waals surface area contributed by atoms with Gasteiger partial charge in [-0.3, -0.25) is 0 Å². The van der Waals surface area contributed by atoms with Gasteiger partial charge in [0.1, 0.15) is 5.82 Å². The minimum absolute atomic E-state index is 0.0784. The predicted octanol–water partition coefficient (Wildman–Crippen LogP) is 4.17. The first-order chi connectivity index (χ1) is 8.87. The summed E-state index contributed by atoms with van der Waals surface area (Å²) in [6.45, 7) is 0. The molecule has 1 aliphatic rings. The minimum Gasteiger partial charge on any atom is -0.327 e. The Bertz CT molecular complexity index is 440. The van der Waals surface area contributed by atoms with Crippen LogP contribution in [0, 0.1) is 11.7 Å². The van der Waals surface area contributed by atoms with Crippen molar-refractivity contribution in [1.29, 1.82) is 0 Å². The summed E-state index contributed by atoms with van der Waals surface area (Å²) in [5.41, 5.74) is 6.81. The van der Waals surface area contributed by atoms with Crippen molar-refractivity contribution in [2.24, 2.45) is 11.7 Å². The predicted molar refractivity (Wildman–Crippen MR) is 70.0 cm³/mol. The van der Waals surface area contributed by atoms with Gasteiger partial charge in [0.15, 0.2) is 0 Å². The highest BCUT2D eigenvalue weighted by Gasteiger charge is 2.36. The van der Waals surface area contributed by atoms with Gasteiger partial charge in [0.25, 0.3) is 0 Å². The fourth-order valence-electron chi connectivity index (χ4n) is 2.60. The van der Waals surface area contributed by atoms with Crippen LogP contribution < -0.4 is 5.73 Å². The molecule has 0 saturated heterocycles. The highest BCUT2D eigenvalue weighted by molar-refractivity contribution is 6.30. The van der Waals surface area contributed by atoms with Gasteiger partial charge in [0, 0.05) is 18.9 Å². The number of benzene rings is 1. The maximum absolute atomic E-state index is 13.3. The summed E-state index contributed by atoms with van der Waals surface area (Å²) in [5.74, 6) is -2.93. The van der Waals surface area contributed by atoms with Crippen LogP contribution in [0.15, 0.2) is 18.2 Å². The third-order valence-corrected chi connectivity index (χ3v) is 4.13. The highest BCUT2D eigenvalue weighted by Crippen LogP contribution is 2.37. The molecular formula is C14H17ClF3N. The molecule has 1 saturated carbocycles. The summed E-state index contributed by atoms with van der Waals surface area (Å²) in [4.78, 5) is 0. The average Bonchev–Trinajstić information content (AvgIpc) is 2.33. The van der Waals surface area contributed by atoms with Crippen LogP contribution in [0.4, 0.5) is 13.2 Å². The van der Waals surface area contributed by atoms with E-state index in [4.69, 9.17) is 17.3 Å². The van der Waals surface area contributed by atoms with Crippen LogP contribution in [0.1, 0.15) is 31.2 Å². The molecule has 0 aromatic heterocycles. The van der Waals surface area contributed by atoms with E-state index in [0.29, 0.717) is 19.3 Å². The van der Waals surface area contributed by atoms with Gasteiger partial charge in [-0.1, -0.05) is 17.7 Å². The zero-order valence-corrected chi connectivity index (χ0v) is 11.3. The first-order valence-electron chi connectivity index (χ1n) is 6.45. The van der Waals surface area contributed by atoms with Gasteiger partial charge in [-0.05, 0) is 42.9 Å². The molecule has 1 aliphatic carbocycles. The van der Waals surface area contributed by atoms with Gasteiger partial charge in [-0.2, -0.15) is 0 Å². The lowest BCUT2D eigenvalue weighted by molar-refractivity contribution is -0.0481. The van der Waals surface area contributed by atoms with E-state index >= 15 is 0 Å². The Kier molecular flexibility index (Phi) is 4.41. The number of hydrogen-bond acceptors (Lipinski definition) is 1. The van der Waals surface area contributed by atoms with Gasteiger partial charge < -0.3 is 5.73 Å².